The van der Waals surface area contributed by atoms with E-state index < -0.39 is 10.4 Å². The predicted molar refractivity (Wildman–Crippen MR) is 68.8 cm³/mol. The van der Waals surface area contributed by atoms with E-state index in [1.165, 1.54) is 0 Å². The molecule has 0 aromatic heterocycles. The van der Waals surface area contributed by atoms with Crippen molar-refractivity contribution in [1.29, 1.82) is 0 Å². The second-order valence-corrected chi connectivity index (χ2v) is 4.85. The molecule has 0 heterocycles. The van der Waals surface area contributed by atoms with E-state index in [0.717, 1.165) is 5.56 Å². The van der Waals surface area contributed by atoms with Crippen molar-refractivity contribution >= 4 is 10.4 Å². The smallest absolute Gasteiger partial charge is 0.361 e. The summed E-state index contributed by atoms with van der Waals surface area (Å²) in [5, 5.41) is 0. The molecule has 0 amide bonds. The van der Waals surface area contributed by atoms with Crippen molar-refractivity contribution in [2.45, 2.75) is 6.92 Å². The Bertz CT molecular complexity index is 648. The average molecular weight is 264 g/mol. The van der Waals surface area contributed by atoms with Gasteiger partial charge >= 0.3 is 10.4 Å². The lowest BCUT2D eigenvalue weighted by molar-refractivity contribution is 0.386. The molecule has 0 bridgehead atoms. The van der Waals surface area contributed by atoms with Gasteiger partial charge in [0.1, 0.15) is 0 Å². The standard InChI is InChI=1S/C13H12O4S/c1-10-6-5-9-12(11-7-3-2-4-8-11)13(10)17-18(14,15)16/h2-9H,1H3,(H,14,15,16). The molecule has 0 unspecified atom stereocenters. The van der Waals surface area contributed by atoms with Crippen molar-refractivity contribution in [3.63, 3.8) is 0 Å². The van der Waals surface area contributed by atoms with Gasteiger partial charge in [-0.25, -0.2) is 0 Å². The number of hydrogen-bond acceptors (Lipinski definition) is 3. The Labute approximate surface area is 106 Å². The first-order valence-corrected chi connectivity index (χ1v) is 6.66. The van der Waals surface area contributed by atoms with Gasteiger partial charge in [0.15, 0.2) is 5.75 Å². The summed E-state index contributed by atoms with van der Waals surface area (Å²) < 4.78 is 35.2. The van der Waals surface area contributed by atoms with Crippen LogP contribution in [0.15, 0.2) is 48.5 Å². The van der Waals surface area contributed by atoms with Gasteiger partial charge in [-0.05, 0) is 18.1 Å². The van der Waals surface area contributed by atoms with Crippen LogP contribution < -0.4 is 4.18 Å². The van der Waals surface area contributed by atoms with E-state index in [4.69, 9.17) is 4.55 Å². The minimum absolute atomic E-state index is 0.145. The van der Waals surface area contributed by atoms with E-state index in [1.54, 1.807) is 25.1 Å². The van der Waals surface area contributed by atoms with Crippen LogP contribution >= 0.6 is 0 Å². The van der Waals surface area contributed by atoms with E-state index in [9.17, 15) is 8.42 Å². The molecule has 1 N–H and O–H groups in total. The first-order valence-electron chi connectivity index (χ1n) is 5.29. The largest absolute Gasteiger partial charge is 0.446 e. The maximum Gasteiger partial charge on any atom is 0.446 e. The minimum atomic E-state index is -4.53. The Balaban J connectivity index is 2.58. The summed E-state index contributed by atoms with van der Waals surface area (Å²) in [6.07, 6.45) is 0. The number of rotatable bonds is 3. The number of aryl methyl sites for hydroxylation is 1. The Morgan fingerprint density at radius 3 is 2.28 bits per heavy atom. The van der Waals surface area contributed by atoms with Gasteiger partial charge in [-0.3, -0.25) is 4.55 Å². The molecule has 0 aliphatic heterocycles. The molecule has 2 aromatic carbocycles. The third kappa shape index (κ3) is 2.88. The van der Waals surface area contributed by atoms with Crippen LogP contribution in [0.5, 0.6) is 5.75 Å². The zero-order valence-electron chi connectivity index (χ0n) is 9.70. The minimum Gasteiger partial charge on any atom is -0.361 e. The molecule has 4 nitrogen and oxygen atoms in total. The third-order valence-corrected chi connectivity index (χ3v) is 2.86. The highest BCUT2D eigenvalue weighted by atomic mass is 32.3. The van der Waals surface area contributed by atoms with Crippen LogP contribution in [0.1, 0.15) is 5.56 Å². The van der Waals surface area contributed by atoms with Crippen LogP contribution in [-0.2, 0) is 10.4 Å². The highest BCUT2D eigenvalue weighted by Crippen LogP contribution is 2.33. The first-order chi connectivity index (χ1) is 8.47. The monoisotopic (exact) mass is 264 g/mol. The van der Waals surface area contributed by atoms with Crippen molar-refractivity contribution in [1.82, 2.24) is 0 Å². The van der Waals surface area contributed by atoms with E-state index in [-0.39, 0.29) is 5.75 Å². The second kappa shape index (κ2) is 4.80. The molecular formula is C13H12O4S. The highest BCUT2D eigenvalue weighted by Gasteiger charge is 2.15. The van der Waals surface area contributed by atoms with Gasteiger partial charge in [0.25, 0.3) is 0 Å². The number of hydrogen-bond donors (Lipinski definition) is 1. The summed E-state index contributed by atoms with van der Waals surface area (Å²) in [7, 11) is -4.53. The summed E-state index contributed by atoms with van der Waals surface area (Å²) in [6.45, 7) is 1.72. The van der Waals surface area contributed by atoms with Gasteiger partial charge in [0, 0.05) is 5.56 Å². The third-order valence-electron chi connectivity index (χ3n) is 2.49. The zero-order valence-corrected chi connectivity index (χ0v) is 10.5. The lowest BCUT2D eigenvalue weighted by atomic mass is 10.0. The fourth-order valence-corrected chi connectivity index (χ4v) is 2.15. The molecule has 5 heteroatoms. The number of benzene rings is 2. The van der Waals surface area contributed by atoms with Gasteiger partial charge in [0.05, 0.1) is 0 Å². The molecule has 94 valence electrons. The molecule has 18 heavy (non-hydrogen) atoms. The Morgan fingerprint density at radius 2 is 1.67 bits per heavy atom. The van der Waals surface area contributed by atoms with Crippen molar-refractivity contribution in [3.8, 4) is 16.9 Å². The normalized spacial score (nSPS) is 11.2. The van der Waals surface area contributed by atoms with E-state index in [0.29, 0.717) is 11.1 Å². The molecule has 0 aliphatic rings. The highest BCUT2D eigenvalue weighted by molar-refractivity contribution is 7.81. The lowest BCUT2D eigenvalue weighted by Gasteiger charge is -2.11. The van der Waals surface area contributed by atoms with Crippen LogP contribution in [-0.4, -0.2) is 13.0 Å². The summed E-state index contributed by atoms with van der Waals surface area (Å²) in [4.78, 5) is 0. The van der Waals surface area contributed by atoms with Gasteiger partial charge in [-0.15, -0.1) is 0 Å². The van der Waals surface area contributed by atoms with E-state index in [1.807, 2.05) is 30.3 Å². The molecule has 0 saturated carbocycles. The zero-order chi connectivity index (χ0) is 13.2. The van der Waals surface area contributed by atoms with Gasteiger partial charge in [-0.2, -0.15) is 8.42 Å². The van der Waals surface area contributed by atoms with Crippen molar-refractivity contribution in [2.24, 2.45) is 0 Å². The van der Waals surface area contributed by atoms with Crippen LogP contribution in [0.3, 0.4) is 0 Å². The molecule has 0 radical (unpaired) electrons. The second-order valence-electron chi connectivity index (χ2n) is 3.83. The van der Waals surface area contributed by atoms with Crippen LogP contribution in [0, 0.1) is 6.92 Å². The molecule has 2 rings (SSSR count). The number of para-hydroxylation sites is 1. The van der Waals surface area contributed by atoms with Crippen molar-refractivity contribution in [2.75, 3.05) is 0 Å². The molecule has 0 fully saturated rings. The lowest BCUT2D eigenvalue weighted by Crippen LogP contribution is -2.08. The summed E-state index contributed by atoms with van der Waals surface area (Å²) in [5.74, 6) is 0.145. The molecule has 0 spiro atoms. The Kier molecular flexibility index (Phi) is 3.36. The Hall–Kier alpha value is -1.85. The predicted octanol–water partition coefficient (Wildman–Crippen LogP) is 2.84. The maximum atomic E-state index is 10.9. The average Bonchev–Trinajstić information content (AvgIpc) is 2.31. The van der Waals surface area contributed by atoms with Gasteiger partial charge in [-0.1, -0.05) is 48.5 Å². The molecule has 0 saturated heterocycles. The van der Waals surface area contributed by atoms with Crippen LogP contribution in [0.4, 0.5) is 0 Å². The van der Waals surface area contributed by atoms with E-state index >= 15 is 0 Å². The van der Waals surface area contributed by atoms with E-state index in [2.05, 4.69) is 4.18 Å². The SMILES string of the molecule is Cc1cccc(-c2ccccc2)c1OS(=O)(=O)O. The maximum absolute atomic E-state index is 10.9. The van der Waals surface area contributed by atoms with Gasteiger partial charge in [0.2, 0.25) is 0 Å². The van der Waals surface area contributed by atoms with Crippen LogP contribution in [0.2, 0.25) is 0 Å². The van der Waals surface area contributed by atoms with Gasteiger partial charge < -0.3 is 4.18 Å². The van der Waals surface area contributed by atoms with Crippen molar-refractivity contribution in [3.05, 3.63) is 54.1 Å². The molecular weight excluding hydrogens is 252 g/mol. The fraction of sp³-hybridized carbons (Fsp3) is 0.0769. The fourth-order valence-electron chi connectivity index (χ4n) is 1.71. The summed E-state index contributed by atoms with van der Waals surface area (Å²) in [6, 6.07) is 14.5. The summed E-state index contributed by atoms with van der Waals surface area (Å²) >= 11 is 0. The summed E-state index contributed by atoms with van der Waals surface area (Å²) in [5.41, 5.74) is 2.07. The first kappa shape index (κ1) is 12.6. The van der Waals surface area contributed by atoms with Crippen LogP contribution in [0.25, 0.3) is 11.1 Å². The topological polar surface area (TPSA) is 63.6 Å². The quantitative estimate of drug-likeness (QED) is 0.866. The Morgan fingerprint density at radius 1 is 1.00 bits per heavy atom. The molecule has 0 atom stereocenters. The molecule has 2 aromatic rings. The molecule has 0 aliphatic carbocycles. The van der Waals surface area contributed by atoms with Crippen molar-refractivity contribution < 1.29 is 17.2 Å².